The largest absolute Gasteiger partial charge is 0.445 e. The van der Waals surface area contributed by atoms with Crippen LogP contribution in [0.15, 0.2) is 84.9 Å². The van der Waals surface area contributed by atoms with Crippen molar-refractivity contribution in [3.63, 3.8) is 0 Å². The van der Waals surface area contributed by atoms with Gasteiger partial charge in [0.15, 0.2) is 0 Å². The van der Waals surface area contributed by atoms with Gasteiger partial charge in [0.25, 0.3) is 5.91 Å². The number of amides is 2. The molecule has 0 aliphatic heterocycles. The van der Waals surface area contributed by atoms with Crippen LogP contribution in [0.2, 0.25) is 5.02 Å². The van der Waals surface area contributed by atoms with E-state index in [1.165, 1.54) is 0 Å². The smallest absolute Gasteiger partial charge is 0.408 e. The number of rotatable bonds is 8. The van der Waals surface area contributed by atoms with Gasteiger partial charge < -0.3 is 10.1 Å². The molecule has 0 bridgehead atoms. The number of benzene rings is 3. The van der Waals surface area contributed by atoms with Gasteiger partial charge in [0.05, 0.1) is 10.7 Å². The van der Waals surface area contributed by atoms with Crippen molar-refractivity contribution in [2.75, 3.05) is 5.43 Å². The summed E-state index contributed by atoms with van der Waals surface area (Å²) in [6, 6.07) is 24.9. The molecule has 0 aliphatic rings. The molecule has 3 rings (SSSR count). The monoisotopic (exact) mass is 423 g/mol. The van der Waals surface area contributed by atoms with E-state index in [9.17, 15) is 9.59 Å². The minimum atomic E-state index is -0.842. The normalized spacial score (nSPS) is 11.2. The summed E-state index contributed by atoms with van der Waals surface area (Å²) >= 11 is 6.10. The van der Waals surface area contributed by atoms with E-state index in [0.717, 1.165) is 11.1 Å². The van der Waals surface area contributed by atoms with Crippen LogP contribution < -0.4 is 16.2 Å². The molecule has 0 radical (unpaired) electrons. The fraction of sp³-hybridized carbons (Fsp3) is 0.130. The molecule has 0 heterocycles. The van der Waals surface area contributed by atoms with Gasteiger partial charge in [-0.05, 0) is 23.3 Å². The first-order valence-electron chi connectivity index (χ1n) is 9.43. The van der Waals surface area contributed by atoms with Crippen molar-refractivity contribution in [1.29, 1.82) is 0 Å². The van der Waals surface area contributed by atoms with E-state index >= 15 is 0 Å². The molecular formula is C23H22ClN3O3. The number of hydrogen-bond donors (Lipinski definition) is 3. The number of hydrogen-bond acceptors (Lipinski definition) is 4. The van der Waals surface area contributed by atoms with Gasteiger partial charge in [0.2, 0.25) is 0 Å². The second-order valence-electron chi connectivity index (χ2n) is 6.54. The lowest BCUT2D eigenvalue weighted by atomic mass is 10.1. The van der Waals surface area contributed by atoms with Crippen LogP contribution in [0.1, 0.15) is 11.1 Å². The average Bonchev–Trinajstić information content (AvgIpc) is 2.78. The lowest BCUT2D eigenvalue weighted by molar-refractivity contribution is -0.122. The van der Waals surface area contributed by atoms with Gasteiger partial charge >= 0.3 is 6.09 Å². The minimum absolute atomic E-state index is 0.115. The molecule has 0 saturated heterocycles. The van der Waals surface area contributed by atoms with Crippen LogP contribution in [-0.4, -0.2) is 18.0 Å². The zero-order valence-corrected chi connectivity index (χ0v) is 16.9. The fourth-order valence-corrected chi connectivity index (χ4v) is 2.93. The van der Waals surface area contributed by atoms with Crippen molar-refractivity contribution < 1.29 is 14.3 Å². The molecule has 3 aromatic rings. The third-order valence-corrected chi connectivity index (χ3v) is 4.63. The number of carbonyl (C=O) groups excluding carboxylic acids is 2. The van der Waals surface area contributed by atoms with Crippen molar-refractivity contribution in [2.45, 2.75) is 19.1 Å². The van der Waals surface area contributed by atoms with Crippen LogP contribution in [0.5, 0.6) is 0 Å². The SMILES string of the molecule is O=C(N[C@@H](Cc1ccccc1)C(=O)NNc1ccccc1Cl)OCc1ccccc1. The minimum Gasteiger partial charge on any atom is -0.445 e. The molecule has 2 amide bonds. The molecule has 0 aromatic heterocycles. The predicted octanol–water partition coefficient (Wildman–Crippen LogP) is 4.32. The van der Waals surface area contributed by atoms with Crippen molar-refractivity contribution >= 4 is 29.3 Å². The van der Waals surface area contributed by atoms with Gasteiger partial charge in [-0.1, -0.05) is 84.4 Å². The van der Waals surface area contributed by atoms with Gasteiger partial charge in [-0.25, -0.2) is 4.79 Å². The number of nitrogens with one attached hydrogen (secondary N) is 3. The van der Waals surface area contributed by atoms with Crippen LogP contribution in [0.3, 0.4) is 0 Å². The summed E-state index contributed by atoms with van der Waals surface area (Å²) in [5.41, 5.74) is 7.70. The van der Waals surface area contributed by atoms with E-state index in [1.807, 2.05) is 60.7 Å². The maximum Gasteiger partial charge on any atom is 0.408 e. The van der Waals surface area contributed by atoms with Crippen LogP contribution in [0, 0.1) is 0 Å². The second kappa shape index (κ2) is 10.9. The Hall–Kier alpha value is -3.51. The molecule has 154 valence electrons. The van der Waals surface area contributed by atoms with Crippen molar-refractivity contribution in [3.05, 3.63) is 101 Å². The first-order chi connectivity index (χ1) is 14.6. The number of carbonyl (C=O) groups is 2. The first-order valence-corrected chi connectivity index (χ1v) is 9.81. The van der Waals surface area contributed by atoms with Crippen molar-refractivity contribution in [2.24, 2.45) is 0 Å². The number of alkyl carbamates (subject to hydrolysis) is 1. The molecule has 0 saturated carbocycles. The zero-order chi connectivity index (χ0) is 21.2. The quantitative estimate of drug-likeness (QED) is 0.471. The number of para-hydroxylation sites is 1. The Kier molecular flexibility index (Phi) is 7.69. The molecule has 30 heavy (non-hydrogen) atoms. The van der Waals surface area contributed by atoms with Gasteiger partial charge in [0, 0.05) is 6.42 Å². The highest BCUT2D eigenvalue weighted by Crippen LogP contribution is 2.19. The van der Waals surface area contributed by atoms with Gasteiger partial charge in [-0.2, -0.15) is 0 Å². The third kappa shape index (κ3) is 6.53. The van der Waals surface area contributed by atoms with Gasteiger partial charge in [-0.15, -0.1) is 0 Å². The van der Waals surface area contributed by atoms with Crippen LogP contribution >= 0.6 is 11.6 Å². The molecule has 1 atom stereocenters. The third-order valence-electron chi connectivity index (χ3n) is 4.30. The average molecular weight is 424 g/mol. The van der Waals surface area contributed by atoms with Crippen molar-refractivity contribution in [1.82, 2.24) is 10.7 Å². The van der Waals surface area contributed by atoms with E-state index in [1.54, 1.807) is 24.3 Å². The molecule has 3 N–H and O–H groups in total. The highest BCUT2D eigenvalue weighted by molar-refractivity contribution is 6.33. The van der Waals surface area contributed by atoms with Gasteiger partial charge in [0.1, 0.15) is 12.6 Å². The molecule has 0 spiro atoms. The standard InChI is InChI=1S/C23H22ClN3O3/c24-19-13-7-8-14-20(19)26-27-22(28)21(15-17-9-3-1-4-10-17)25-23(29)30-16-18-11-5-2-6-12-18/h1-14,21,26H,15-16H2,(H,25,29)(H,27,28)/t21-/m0/s1. The molecule has 6 nitrogen and oxygen atoms in total. The first kappa shape index (κ1) is 21.2. The lowest BCUT2D eigenvalue weighted by Gasteiger charge is -2.19. The molecular weight excluding hydrogens is 402 g/mol. The maximum atomic E-state index is 12.8. The lowest BCUT2D eigenvalue weighted by Crippen LogP contribution is -2.49. The molecule has 0 fully saturated rings. The van der Waals surface area contributed by atoms with E-state index in [2.05, 4.69) is 16.2 Å². The van der Waals surface area contributed by atoms with E-state index in [-0.39, 0.29) is 6.61 Å². The zero-order valence-electron chi connectivity index (χ0n) is 16.2. The van der Waals surface area contributed by atoms with Crippen LogP contribution in [0.4, 0.5) is 10.5 Å². The van der Waals surface area contributed by atoms with E-state index in [4.69, 9.17) is 16.3 Å². The fourth-order valence-electron chi connectivity index (χ4n) is 2.74. The van der Waals surface area contributed by atoms with Crippen LogP contribution in [-0.2, 0) is 22.6 Å². The molecule has 0 unspecified atom stereocenters. The number of ether oxygens (including phenoxy) is 1. The molecule has 3 aromatic carbocycles. The summed E-state index contributed by atoms with van der Waals surface area (Å²) in [5, 5.41) is 3.11. The summed E-state index contributed by atoms with van der Waals surface area (Å²) in [4.78, 5) is 25.0. The Balaban J connectivity index is 1.62. The number of anilines is 1. The Labute approximate surface area is 180 Å². The van der Waals surface area contributed by atoms with Crippen molar-refractivity contribution in [3.8, 4) is 0 Å². The summed E-state index contributed by atoms with van der Waals surface area (Å²) in [7, 11) is 0. The summed E-state index contributed by atoms with van der Waals surface area (Å²) in [6.45, 7) is 0.115. The Bertz CT molecular complexity index is 968. The summed E-state index contributed by atoms with van der Waals surface area (Å²) in [5.74, 6) is -0.421. The number of hydrazine groups is 1. The summed E-state index contributed by atoms with van der Waals surface area (Å²) < 4.78 is 5.26. The predicted molar refractivity (Wildman–Crippen MR) is 117 cm³/mol. The Morgan fingerprint density at radius 3 is 2.10 bits per heavy atom. The molecule has 0 aliphatic carbocycles. The second-order valence-corrected chi connectivity index (χ2v) is 6.95. The highest BCUT2D eigenvalue weighted by atomic mass is 35.5. The Morgan fingerprint density at radius 1 is 0.833 bits per heavy atom. The van der Waals surface area contributed by atoms with E-state index < -0.39 is 18.0 Å². The van der Waals surface area contributed by atoms with Gasteiger partial charge in [-0.3, -0.25) is 15.6 Å². The topological polar surface area (TPSA) is 79.5 Å². The summed E-state index contributed by atoms with van der Waals surface area (Å²) in [6.07, 6.45) is -0.371. The number of halogens is 1. The highest BCUT2D eigenvalue weighted by Gasteiger charge is 2.22. The maximum absolute atomic E-state index is 12.8. The molecule has 7 heteroatoms. The van der Waals surface area contributed by atoms with Crippen LogP contribution in [0.25, 0.3) is 0 Å². The van der Waals surface area contributed by atoms with E-state index in [0.29, 0.717) is 17.1 Å². The Morgan fingerprint density at radius 2 is 1.43 bits per heavy atom.